The number of hydrogen-bond acceptors (Lipinski definition) is 9. The van der Waals surface area contributed by atoms with Crippen LogP contribution in [0, 0.1) is 35.5 Å². The predicted octanol–water partition coefficient (Wildman–Crippen LogP) is 11.2. The number of piperazine rings is 1. The summed E-state index contributed by atoms with van der Waals surface area (Å²) in [5.74, 6) is 3.75. The Morgan fingerprint density at radius 1 is 0.836 bits per heavy atom. The van der Waals surface area contributed by atoms with Crippen LogP contribution >= 0.6 is 0 Å². The minimum Gasteiger partial charge on any atom is -0.494 e. The van der Waals surface area contributed by atoms with Gasteiger partial charge in [0.1, 0.15) is 5.75 Å². The van der Waals surface area contributed by atoms with E-state index >= 15 is 0 Å². The summed E-state index contributed by atoms with van der Waals surface area (Å²) in [4.78, 5) is 53.5. The fourth-order valence-corrected chi connectivity index (χ4v) is 11.3. The molecule has 2 atom stereocenters. The van der Waals surface area contributed by atoms with E-state index in [0.717, 1.165) is 92.2 Å². The van der Waals surface area contributed by atoms with Crippen molar-refractivity contribution in [2.75, 3.05) is 61.9 Å². The van der Waals surface area contributed by atoms with E-state index in [-0.39, 0.29) is 22.8 Å². The van der Waals surface area contributed by atoms with Crippen molar-refractivity contribution in [2.45, 2.75) is 144 Å². The fourth-order valence-electron chi connectivity index (χ4n) is 11.3. The normalized spacial score (nSPS) is 21.0. The number of methoxy groups -OCH3 is 1. The number of nitrogens with zero attached hydrogens (tertiary/aromatic N) is 5. The van der Waals surface area contributed by atoms with Crippen LogP contribution in [0.2, 0.25) is 0 Å². The van der Waals surface area contributed by atoms with Gasteiger partial charge in [-0.05, 0) is 117 Å². The van der Waals surface area contributed by atoms with Crippen LogP contribution in [-0.4, -0.2) is 77.6 Å². The largest absolute Gasteiger partial charge is 0.494 e. The highest BCUT2D eigenvalue weighted by Crippen LogP contribution is 2.51. The first kappa shape index (κ1) is 49.9. The van der Waals surface area contributed by atoms with Crippen molar-refractivity contribution in [1.29, 1.82) is 0 Å². The average Bonchev–Trinajstić information content (AvgIpc) is 3.27. The molecule has 2 aromatic carbocycles. The van der Waals surface area contributed by atoms with Crippen molar-refractivity contribution in [3.8, 4) is 11.4 Å². The number of hydrogen-bond donors (Lipinski definition) is 3. The van der Waals surface area contributed by atoms with Gasteiger partial charge in [0.05, 0.1) is 18.5 Å². The van der Waals surface area contributed by atoms with Gasteiger partial charge in [-0.1, -0.05) is 92.1 Å². The van der Waals surface area contributed by atoms with Crippen molar-refractivity contribution >= 4 is 45.9 Å². The molecule has 1 aliphatic heterocycles. The number of ether oxygens (including phenoxy) is 1. The third-order valence-corrected chi connectivity index (χ3v) is 14.7. The minimum absolute atomic E-state index is 0.114. The fraction of sp³-hybridized carbons (Fsp3) is 0.618. The summed E-state index contributed by atoms with van der Waals surface area (Å²) in [7, 11) is 1.67. The standard InChI is InChI=1S/C55H80N8O4/c1-39-29-41-32-42(30-39)36-55(6,35-41)37-49(64)56-23-16-14-12-10-8-9-11-13-15-17-24-61-25-27-62(28-26-61)44-21-22-47(48(34-44)67-7)59-53-57-38-46-40(2)31-50(65)63(51(46)60-53)45-20-18-19-43(33-45)58-52(66)54(3,4)5/h18-22,31,33-34,38-39,41-42H,8-17,23-30,32,35-37H2,1-7H3,(H,56,64)(H,58,66)(H,57,59,60). The number of fused-ring (bicyclic) bond motifs is 3. The molecule has 2 aliphatic carbocycles. The Hall–Kier alpha value is -4.97. The second kappa shape index (κ2) is 22.9. The van der Waals surface area contributed by atoms with Crippen LogP contribution in [-0.2, 0) is 9.59 Å². The number of aromatic nitrogens is 3. The zero-order chi connectivity index (χ0) is 47.6. The van der Waals surface area contributed by atoms with Crippen LogP contribution in [0.3, 0.4) is 0 Å². The van der Waals surface area contributed by atoms with Crippen LogP contribution in [0.4, 0.5) is 23.0 Å². The highest BCUT2D eigenvalue weighted by Gasteiger charge is 2.41. The molecule has 2 unspecified atom stereocenters. The topological polar surface area (TPSA) is 134 Å². The average molecular weight is 917 g/mol. The van der Waals surface area contributed by atoms with Gasteiger partial charge in [0, 0.05) is 79.7 Å². The summed E-state index contributed by atoms with van der Waals surface area (Å²) in [5, 5.41) is 10.3. The molecule has 4 aromatic rings. The second-order valence-corrected chi connectivity index (χ2v) is 21.9. The third kappa shape index (κ3) is 13.8. The van der Waals surface area contributed by atoms with E-state index in [2.05, 4.69) is 56.7 Å². The monoisotopic (exact) mass is 917 g/mol. The number of pyridine rings is 1. The van der Waals surface area contributed by atoms with Crippen LogP contribution in [0.5, 0.6) is 5.75 Å². The molecule has 0 spiro atoms. The van der Waals surface area contributed by atoms with Gasteiger partial charge in [-0.2, -0.15) is 4.98 Å². The number of benzene rings is 2. The molecule has 12 nitrogen and oxygen atoms in total. The summed E-state index contributed by atoms with van der Waals surface area (Å²) in [6.45, 7) is 18.3. The number of amides is 2. The summed E-state index contributed by atoms with van der Waals surface area (Å²) >= 11 is 0. The second-order valence-electron chi connectivity index (χ2n) is 21.9. The van der Waals surface area contributed by atoms with E-state index in [1.54, 1.807) is 30.0 Å². The number of nitrogens with one attached hydrogen (secondary N) is 3. The van der Waals surface area contributed by atoms with Gasteiger partial charge < -0.3 is 25.6 Å². The molecule has 3 fully saturated rings. The maximum atomic E-state index is 13.5. The van der Waals surface area contributed by atoms with Crippen LogP contribution < -0.4 is 31.1 Å². The van der Waals surface area contributed by atoms with Crippen LogP contribution in [0.1, 0.15) is 143 Å². The van der Waals surface area contributed by atoms with Gasteiger partial charge in [0.2, 0.25) is 17.8 Å². The Bertz CT molecular complexity index is 2330. The van der Waals surface area contributed by atoms with E-state index in [4.69, 9.17) is 9.72 Å². The van der Waals surface area contributed by atoms with E-state index in [0.29, 0.717) is 28.7 Å². The maximum absolute atomic E-state index is 13.5. The first-order valence-corrected chi connectivity index (χ1v) is 25.7. The number of carbonyl (C=O) groups excluding carboxylic acids is 2. The van der Waals surface area contributed by atoms with Crippen molar-refractivity contribution < 1.29 is 14.3 Å². The molecule has 364 valence electrons. The number of carbonyl (C=O) groups is 2. The quantitative estimate of drug-likeness (QED) is 0.0699. The molecule has 1 saturated heterocycles. The summed E-state index contributed by atoms with van der Waals surface area (Å²) in [6, 6.07) is 15.0. The van der Waals surface area contributed by atoms with Gasteiger partial charge in [-0.25, -0.2) is 4.98 Å². The molecule has 12 heteroatoms. The number of aryl methyl sites for hydroxylation is 1. The molecule has 0 radical (unpaired) electrons. The minimum atomic E-state index is -0.567. The van der Waals surface area contributed by atoms with Crippen molar-refractivity contribution in [2.24, 2.45) is 28.6 Å². The summed E-state index contributed by atoms with van der Waals surface area (Å²) in [6.07, 6.45) is 21.9. The predicted molar refractivity (Wildman–Crippen MR) is 274 cm³/mol. The van der Waals surface area contributed by atoms with Crippen LogP contribution in [0.25, 0.3) is 16.7 Å². The molecule has 3 aliphatic rings. The van der Waals surface area contributed by atoms with Gasteiger partial charge in [0.15, 0.2) is 5.65 Å². The first-order valence-electron chi connectivity index (χ1n) is 25.7. The SMILES string of the molecule is COc1cc(N2CCN(CCCCCCCCCCCCNC(=O)CC3(C)CC4CC(C)CC(C4)C3)CC2)ccc1Nc1ncc2c(C)cc(=O)n(-c3cccc(NC(=O)C(C)(C)C)c3)c2n1. The van der Waals surface area contributed by atoms with Crippen molar-refractivity contribution in [1.82, 2.24) is 24.8 Å². The zero-order valence-electron chi connectivity index (χ0n) is 41.9. The van der Waals surface area contributed by atoms with Gasteiger partial charge >= 0.3 is 0 Å². The lowest BCUT2D eigenvalue weighted by Crippen LogP contribution is -2.46. The highest BCUT2D eigenvalue weighted by atomic mass is 16.5. The summed E-state index contributed by atoms with van der Waals surface area (Å²) in [5.41, 5.74) is 3.69. The van der Waals surface area contributed by atoms with E-state index in [9.17, 15) is 14.4 Å². The molecule has 3 N–H and O–H groups in total. The zero-order valence-corrected chi connectivity index (χ0v) is 41.9. The molecule has 2 saturated carbocycles. The molecular weight excluding hydrogens is 837 g/mol. The smallest absolute Gasteiger partial charge is 0.257 e. The van der Waals surface area contributed by atoms with Crippen LogP contribution in [0.15, 0.2) is 59.5 Å². The molecule has 2 aromatic heterocycles. The Morgan fingerprint density at radius 3 is 2.18 bits per heavy atom. The van der Waals surface area contributed by atoms with Gasteiger partial charge in [-0.15, -0.1) is 0 Å². The lowest BCUT2D eigenvalue weighted by atomic mass is 9.58. The molecule has 2 bridgehead atoms. The Labute approximate surface area is 400 Å². The van der Waals surface area contributed by atoms with Gasteiger partial charge in [0.25, 0.3) is 5.56 Å². The molecular formula is C55H80N8O4. The Morgan fingerprint density at radius 2 is 1.51 bits per heavy atom. The van der Waals surface area contributed by atoms with Crippen molar-refractivity contribution in [3.05, 3.63) is 70.6 Å². The lowest BCUT2D eigenvalue weighted by Gasteiger charge is -2.47. The van der Waals surface area contributed by atoms with Crippen molar-refractivity contribution in [3.63, 3.8) is 0 Å². The number of rotatable bonds is 21. The lowest BCUT2D eigenvalue weighted by molar-refractivity contribution is -0.125. The van der Waals surface area contributed by atoms with Gasteiger partial charge in [-0.3, -0.25) is 23.9 Å². The van der Waals surface area contributed by atoms with E-state index in [1.165, 1.54) is 89.9 Å². The molecule has 2 amide bonds. The summed E-state index contributed by atoms with van der Waals surface area (Å²) < 4.78 is 7.42. The Kier molecular flexibility index (Phi) is 17.1. The molecule has 3 heterocycles. The number of unbranched alkanes of at least 4 members (excludes halogenated alkanes) is 9. The highest BCUT2D eigenvalue weighted by molar-refractivity contribution is 5.94. The first-order chi connectivity index (χ1) is 32.2. The molecule has 7 rings (SSSR count). The van der Waals surface area contributed by atoms with E-state index in [1.807, 2.05) is 52.0 Å². The maximum Gasteiger partial charge on any atom is 0.257 e. The Balaban J connectivity index is 0.782. The van der Waals surface area contributed by atoms with E-state index < -0.39 is 5.41 Å². The molecule has 67 heavy (non-hydrogen) atoms. The number of anilines is 4. The third-order valence-electron chi connectivity index (χ3n) is 14.7.